The quantitative estimate of drug-likeness (QED) is 0.347. The van der Waals surface area contributed by atoms with Crippen molar-refractivity contribution in [2.45, 2.75) is 51.1 Å². The highest BCUT2D eigenvalue weighted by Crippen LogP contribution is 2.35. The molecule has 0 bridgehead atoms. The number of rotatable bonds is 8. The van der Waals surface area contributed by atoms with Gasteiger partial charge in [-0.1, -0.05) is 49.7 Å². The number of amides is 2. The Hall–Kier alpha value is -2.83. The molecule has 0 saturated heterocycles. The zero-order chi connectivity index (χ0) is 25.2. The molecule has 1 aliphatic heterocycles. The minimum Gasteiger partial charge on any atom is -0.491 e. The van der Waals surface area contributed by atoms with E-state index in [1.807, 2.05) is 17.0 Å². The molecule has 1 saturated carbocycles. The molecule has 2 aliphatic rings. The van der Waals surface area contributed by atoms with Gasteiger partial charge in [-0.25, -0.2) is 0 Å². The summed E-state index contributed by atoms with van der Waals surface area (Å²) < 4.78 is 6.20. The average molecular weight is 523 g/mol. The molecule has 0 spiro atoms. The maximum Gasteiger partial charge on any atom is 0.256 e. The Kier molecular flexibility index (Phi) is 7.35. The van der Waals surface area contributed by atoms with Gasteiger partial charge in [0.1, 0.15) is 18.9 Å². The molecule has 2 aromatic carbocycles. The summed E-state index contributed by atoms with van der Waals surface area (Å²) >= 11 is 8.04. The topological polar surface area (TPSA) is 49.9 Å². The summed E-state index contributed by atoms with van der Waals surface area (Å²) in [5.74, 6) is 1.02. The average Bonchev–Trinajstić information content (AvgIpc) is 3.61. The summed E-state index contributed by atoms with van der Waals surface area (Å²) in [7, 11) is 0. The lowest BCUT2D eigenvalue weighted by atomic mass is 10.00. The summed E-state index contributed by atoms with van der Waals surface area (Å²) in [6, 6.07) is 17.2. The SMILES string of the molecule is CC(C)c1ccc(OCC2c3ccsc3CCN2C(=O)CN(C(=O)c2ccccc2Cl)C2CC2)cc1. The van der Waals surface area contributed by atoms with Crippen LogP contribution in [-0.2, 0) is 11.2 Å². The third-order valence-electron chi connectivity index (χ3n) is 7.03. The fourth-order valence-electron chi connectivity index (χ4n) is 4.78. The summed E-state index contributed by atoms with van der Waals surface area (Å²) in [4.78, 5) is 31.9. The van der Waals surface area contributed by atoms with E-state index in [0.717, 1.165) is 30.6 Å². The molecule has 5 rings (SSSR count). The van der Waals surface area contributed by atoms with E-state index in [1.54, 1.807) is 40.5 Å². The fraction of sp³-hybridized carbons (Fsp3) is 0.379. The van der Waals surface area contributed by atoms with Crippen LogP contribution in [0, 0.1) is 0 Å². The summed E-state index contributed by atoms with van der Waals surface area (Å²) in [6.07, 6.45) is 2.65. The number of hydrogen-bond acceptors (Lipinski definition) is 4. The number of carbonyl (C=O) groups excluding carboxylic acids is 2. The van der Waals surface area contributed by atoms with Crippen molar-refractivity contribution in [1.82, 2.24) is 9.80 Å². The molecule has 0 radical (unpaired) electrons. The molecule has 1 fully saturated rings. The monoisotopic (exact) mass is 522 g/mol. The van der Waals surface area contributed by atoms with Crippen LogP contribution in [0.4, 0.5) is 0 Å². The highest BCUT2D eigenvalue weighted by atomic mass is 35.5. The zero-order valence-electron chi connectivity index (χ0n) is 20.7. The number of benzene rings is 2. The van der Waals surface area contributed by atoms with E-state index in [1.165, 1.54) is 10.4 Å². The molecule has 1 aromatic heterocycles. The van der Waals surface area contributed by atoms with Crippen molar-refractivity contribution in [3.63, 3.8) is 0 Å². The van der Waals surface area contributed by atoms with Gasteiger partial charge >= 0.3 is 0 Å². The van der Waals surface area contributed by atoms with Crippen LogP contribution in [0.1, 0.15) is 65.0 Å². The van der Waals surface area contributed by atoms with E-state index in [4.69, 9.17) is 16.3 Å². The van der Waals surface area contributed by atoms with E-state index in [2.05, 4.69) is 37.4 Å². The molecule has 2 heterocycles. The van der Waals surface area contributed by atoms with Crippen LogP contribution in [0.5, 0.6) is 5.75 Å². The van der Waals surface area contributed by atoms with E-state index in [0.29, 0.717) is 29.7 Å². The lowest BCUT2D eigenvalue weighted by molar-refractivity contribution is -0.135. The molecular formula is C29H31ClN2O3S. The first-order valence-corrected chi connectivity index (χ1v) is 13.8. The van der Waals surface area contributed by atoms with Gasteiger partial charge in [0.05, 0.1) is 16.6 Å². The fourth-order valence-corrected chi connectivity index (χ4v) is 5.92. The minimum atomic E-state index is -0.186. The van der Waals surface area contributed by atoms with Gasteiger partial charge in [0.2, 0.25) is 5.91 Å². The summed E-state index contributed by atoms with van der Waals surface area (Å²) in [5.41, 5.74) is 2.86. The second-order valence-electron chi connectivity index (χ2n) is 9.83. The molecule has 3 aromatic rings. The van der Waals surface area contributed by atoms with Gasteiger partial charge in [-0.15, -0.1) is 11.3 Å². The number of halogens is 1. The Morgan fingerprint density at radius 2 is 1.86 bits per heavy atom. The lowest BCUT2D eigenvalue weighted by Crippen LogP contribution is -2.48. The molecular weight excluding hydrogens is 492 g/mol. The summed E-state index contributed by atoms with van der Waals surface area (Å²) in [6.45, 7) is 5.37. The number of ether oxygens (including phenoxy) is 1. The highest BCUT2D eigenvalue weighted by Gasteiger charge is 2.38. The molecule has 1 atom stereocenters. The third kappa shape index (κ3) is 5.30. The first-order chi connectivity index (χ1) is 17.4. The van der Waals surface area contributed by atoms with Crippen LogP contribution >= 0.6 is 22.9 Å². The maximum atomic E-state index is 13.7. The van der Waals surface area contributed by atoms with Gasteiger partial charge in [-0.2, -0.15) is 0 Å². The van der Waals surface area contributed by atoms with Crippen LogP contribution in [0.2, 0.25) is 5.02 Å². The van der Waals surface area contributed by atoms with Crippen molar-refractivity contribution in [3.05, 3.63) is 86.6 Å². The van der Waals surface area contributed by atoms with Gasteiger partial charge in [-0.05, 0) is 72.0 Å². The second kappa shape index (κ2) is 10.7. The van der Waals surface area contributed by atoms with Gasteiger partial charge in [0, 0.05) is 17.5 Å². The van der Waals surface area contributed by atoms with Crippen molar-refractivity contribution in [2.75, 3.05) is 19.7 Å². The Morgan fingerprint density at radius 3 is 2.56 bits per heavy atom. The number of thiophene rings is 1. The van der Waals surface area contributed by atoms with Crippen molar-refractivity contribution in [3.8, 4) is 5.75 Å². The van der Waals surface area contributed by atoms with Gasteiger partial charge < -0.3 is 14.5 Å². The largest absolute Gasteiger partial charge is 0.491 e. The van der Waals surface area contributed by atoms with Gasteiger partial charge in [-0.3, -0.25) is 9.59 Å². The zero-order valence-corrected chi connectivity index (χ0v) is 22.2. The normalized spacial score (nSPS) is 17.1. The predicted octanol–water partition coefficient (Wildman–Crippen LogP) is 6.33. The third-order valence-corrected chi connectivity index (χ3v) is 8.35. The number of hydrogen-bond donors (Lipinski definition) is 0. The van der Waals surface area contributed by atoms with Crippen molar-refractivity contribution < 1.29 is 14.3 Å². The van der Waals surface area contributed by atoms with Crippen LogP contribution < -0.4 is 4.74 Å². The Morgan fingerprint density at radius 1 is 1.11 bits per heavy atom. The first-order valence-electron chi connectivity index (χ1n) is 12.6. The van der Waals surface area contributed by atoms with Gasteiger partial charge in [0.25, 0.3) is 5.91 Å². The van der Waals surface area contributed by atoms with Crippen LogP contribution in [0.25, 0.3) is 0 Å². The molecule has 1 aliphatic carbocycles. The number of carbonyl (C=O) groups is 2. The van der Waals surface area contributed by atoms with E-state index >= 15 is 0 Å². The predicted molar refractivity (Wildman–Crippen MR) is 144 cm³/mol. The molecule has 2 amide bonds. The Bertz CT molecular complexity index is 1240. The van der Waals surface area contributed by atoms with Crippen molar-refractivity contribution >= 4 is 34.8 Å². The Labute approximate surface area is 221 Å². The molecule has 5 nitrogen and oxygen atoms in total. The van der Waals surface area contributed by atoms with Crippen molar-refractivity contribution in [2.24, 2.45) is 0 Å². The molecule has 1 unspecified atom stereocenters. The van der Waals surface area contributed by atoms with E-state index < -0.39 is 0 Å². The van der Waals surface area contributed by atoms with E-state index in [9.17, 15) is 9.59 Å². The van der Waals surface area contributed by atoms with E-state index in [-0.39, 0.29) is 30.4 Å². The highest BCUT2D eigenvalue weighted by molar-refractivity contribution is 7.10. The molecule has 0 N–H and O–H groups in total. The summed E-state index contributed by atoms with van der Waals surface area (Å²) in [5, 5.41) is 2.50. The first kappa shape index (κ1) is 24.8. The van der Waals surface area contributed by atoms with Gasteiger partial charge in [0.15, 0.2) is 0 Å². The number of nitrogens with zero attached hydrogens (tertiary/aromatic N) is 2. The van der Waals surface area contributed by atoms with Crippen LogP contribution in [-0.4, -0.2) is 47.4 Å². The van der Waals surface area contributed by atoms with Crippen molar-refractivity contribution in [1.29, 1.82) is 0 Å². The maximum absolute atomic E-state index is 13.7. The number of fused-ring (bicyclic) bond motifs is 1. The second-order valence-corrected chi connectivity index (χ2v) is 11.2. The van der Waals surface area contributed by atoms with Crippen LogP contribution in [0.3, 0.4) is 0 Å². The molecule has 36 heavy (non-hydrogen) atoms. The lowest BCUT2D eigenvalue weighted by Gasteiger charge is -2.37. The molecule has 188 valence electrons. The minimum absolute atomic E-state index is 0.0494. The Balaban J connectivity index is 1.33. The smallest absolute Gasteiger partial charge is 0.256 e. The van der Waals surface area contributed by atoms with Crippen LogP contribution in [0.15, 0.2) is 60.0 Å². The standard InChI is InChI=1S/C29H31ClN2O3S/c1-19(2)20-7-11-22(12-8-20)35-18-26-24-14-16-36-27(24)13-15-31(26)28(33)17-32(21-9-10-21)29(34)23-5-3-4-6-25(23)30/h3-8,11-12,14,16,19,21,26H,9-10,13,15,17-18H2,1-2H3. The molecule has 7 heteroatoms.